The fourth-order valence-electron chi connectivity index (χ4n) is 3.28. The first-order chi connectivity index (χ1) is 9.91. The van der Waals surface area contributed by atoms with Crippen LogP contribution in [0.1, 0.15) is 32.6 Å². The zero-order valence-corrected chi connectivity index (χ0v) is 13.0. The minimum Gasteiger partial charge on any atom is -0.469 e. The number of carbonyl (C=O) groups excluding carboxylic acids is 2. The van der Waals surface area contributed by atoms with E-state index >= 15 is 0 Å². The lowest BCUT2D eigenvalue weighted by molar-refractivity contribution is -0.149. The van der Waals surface area contributed by atoms with Crippen LogP contribution in [0.2, 0.25) is 0 Å². The Kier molecular flexibility index (Phi) is 5.22. The molecule has 0 bridgehead atoms. The number of hydrogen-bond donors (Lipinski definition) is 1. The van der Waals surface area contributed by atoms with Crippen LogP contribution in [0.3, 0.4) is 0 Å². The minimum atomic E-state index is -0.684. The number of esters is 1. The molecular weight excluding hydrogens is 272 g/mol. The summed E-state index contributed by atoms with van der Waals surface area (Å²) in [4.78, 5) is 27.6. The average Bonchev–Trinajstić information content (AvgIpc) is 2.45. The van der Waals surface area contributed by atoms with Crippen molar-refractivity contribution >= 4 is 11.9 Å². The second kappa shape index (κ2) is 6.75. The largest absolute Gasteiger partial charge is 0.469 e. The third-order valence-electron chi connectivity index (χ3n) is 4.49. The Balaban J connectivity index is 1.78. The van der Waals surface area contributed by atoms with Gasteiger partial charge in [0, 0.05) is 19.6 Å². The monoisotopic (exact) mass is 298 g/mol. The molecule has 0 aromatic heterocycles. The molecule has 0 aromatic carbocycles. The number of hydrogen-bond acceptors (Lipinski definition) is 5. The highest BCUT2D eigenvalue weighted by atomic mass is 16.5. The number of amides is 1. The Hall–Kier alpha value is -1.14. The van der Waals surface area contributed by atoms with Crippen molar-refractivity contribution in [2.45, 2.75) is 38.2 Å². The van der Waals surface area contributed by atoms with Gasteiger partial charge in [-0.25, -0.2) is 0 Å². The lowest BCUT2D eigenvalue weighted by Gasteiger charge is -2.38. The summed E-state index contributed by atoms with van der Waals surface area (Å²) in [6.07, 6.45) is 3.07. The molecule has 6 nitrogen and oxygen atoms in total. The van der Waals surface area contributed by atoms with E-state index in [-0.39, 0.29) is 17.8 Å². The van der Waals surface area contributed by atoms with Crippen LogP contribution >= 0.6 is 0 Å². The average molecular weight is 298 g/mol. The van der Waals surface area contributed by atoms with Gasteiger partial charge in [-0.05, 0) is 39.2 Å². The SMILES string of the molecule is COC(=O)C1CCN(C(=O)CN2CCCC(C)(O)C2)CC1. The molecule has 2 fully saturated rings. The van der Waals surface area contributed by atoms with Gasteiger partial charge in [0.1, 0.15) is 0 Å². The summed E-state index contributed by atoms with van der Waals surface area (Å²) in [6.45, 7) is 4.83. The Morgan fingerprint density at radius 2 is 1.95 bits per heavy atom. The van der Waals surface area contributed by atoms with E-state index in [1.807, 2.05) is 16.7 Å². The van der Waals surface area contributed by atoms with Crippen LogP contribution in [-0.2, 0) is 14.3 Å². The highest BCUT2D eigenvalue weighted by Crippen LogP contribution is 2.21. The van der Waals surface area contributed by atoms with Crippen molar-refractivity contribution in [1.29, 1.82) is 0 Å². The van der Waals surface area contributed by atoms with Gasteiger partial charge in [-0.1, -0.05) is 0 Å². The number of carbonyl (C=O) groups is 2. The maximum Gasteiger partial charge on any atom is 0.308 e. The van der Waals surface area contributed by atoms with Crippen molar-refractivity contribution < 1.29 is 19.4 Å². The molecule has 1 atom stereocenters. The zero-order valence-electron chi connectivity index (χ0n) is 13.0. The lowest BCUT2D eigenvalue weighted by Crippen LogP contribution is -2.51. The molecule has 2 heterocycles. The third kappa shape index (κ3) is 4.41. The van der Waals surface area contributed by atoms with Crippen molar-refractivity contribution in [3.8, 4) is 0 Å². The minimum absolute atomic E-state index is 0.0743. The Morgan fingerprint density at radius 3 is 2.52 bits per heavy atom. The Labute approximate surface area is 126 Å². The summed E-state index contributed by atoms with van der Waals surface area (Å²) >= 11 is 0. The molecule has 2 rings (SSSR count). The maximum absolute atomic E-state index is 12.3. The van der Waals surface area contributed by atoms with Gasteiger partial charge >= 0.3 is 5.97 Å². The zero-order chi connectivity index (χ0) is 15.5. The van der Waals surface area contributed by atoms with Crippen LogP contribution in [0.5, 0.6) is 0 Å². The quantitative estimate of drug-likeness (QED) is 0.756. The highest BCUT2D eigenvalue weighted by Gasteiger charge is 2.32. The number of ether oxygens (including phenoxy) is 1. The van der Waals surface area contributed by atoms with Crippen LogP contribution in [0.25, 0.3) is 0 Å². The van der Waals surface area contributed by atoms with Crippen LogP contribution < -0.4 is 0 Å². The standard InChI is InChI=1S/C15H26N2O4/c1-15(20)6-3-7-16(11-15)10-13(18)17-8-4-12(5-9-17)14(19)21-2/h12,20H,3-11H2,1-2H3. The van der Waals surface area contributed by atoms with E-state index in [0.717, 1.165) is 19.4 Å². The van der Waals surface area contributed by atoms with E-state index in [4.69, 9.17) is 4.74 Å². The first kappa shape index (κ1) is 16.2. The van der Waals surface area contributed by atoms with Gasteiger partial charge in [0.15, 0.2) is 0 Å². The van der Waals surface area contributed by atoms with E-state index in [9.17, 15) is 14.7 Å². The van der Waals surface area contributed by atoms with E-state index in [1.165, 1.54) is 7.11 Å². The normalized spacial score (nSPS) is 28.4. The number of β-amino-alcohol motifs (C(OH)–C–C–N with tert-alkyl or cyclic N) is 1. The van der Waals surface area contributed by atoms with Crippen LogP contribution in [0, 0.1) is 5.92 Å². The highest BCUT2D eigenvalue weighted by molar-refractivity contribution is 5.79. The molecule has 0 saturated carbocycles. The van der Waals surface area contributed by atoms with Gasteiger partial charge in [-0.2, -0.15) is 0 Å². The number of likely N-dealkylation sites (tertiary alicyclic amines) is 2. The van der Waals surface area contributed by atoms with Gasteiger partial charge in [0.25, 0.3) is 0 Å². The van der Waals surface area contributed by atoms with Crippen LogP contribution in [-0.4, -0.2) is 72.2 Å². The van der Waals surface area contributed by atoms with Crippen molar-refractivity contribution in [2.24, 2.45) is 5.92 Å². The first-order valence-corrected chi connectivity index (χ1v) is 7.71. The summed E-state index contributed by atoms with van der Waals surface area (Å²) < 4.78 is 4.75. The molecule has 120 valence electrons. The van der Waals surface area contributed by atoms with Crippen molar-refractivity contribution in [2.75, 3.05) is 39.8 Å². The second-order valence-electron chi connectivity index (χ2n) is 6.49. The molecule has 2 saturated heterocycles. The fraction of sp³-hybridized carbons (Fsp3) is 0.867. The van der Waals surface area contributed by atoms with E-state index < -0.39 is 5.60 Å². The molecule has 0 aliphatic carbocycles. The van der Waals surface area contributed by atoms with E-state index in [2.05, 4.69) is 0 Å². The molecule has 0 radical (unpaired) electrons. The third-order valence-corrected chi connectivity index (χ3v) is 4.49. The molecule has 0 aromatic rings. The van der Waals surface area contributed by atoms with Crippen LogP contribution in [0.4, 0.5) is 0 Å². The molecular formula is C15H26N2O4. The summed E-state index contributed by atoms with van der Waals surface area (Å²) in [5.74, 6) is -0.153. The molecule has 6 heteroatoms. The number of aliphatic hydroxyl groups is 1. The number of nitrogens with zero attached hydrogens (tertiary/aromatic N) is 2. The van der Waals surface area contributed by atoms with E-state index in [1.54, 1.807) is 0 Å². The first-order valence-electron chi connectivity index (χ1n) is 7.71. The number of methoxy groups -OCH3 is 1. The van der Waals surface area contributed by atoms with Gasteiger partial charge in [0.2, 0.25) is 5.91 Å². The molecule has 21 heavy (non-hydrogen) atoms. The van der Waals surface area contributed by atoms with Gasteiger partial charge in [-0.3, -0.25) is 14.5 Å². The van der Waals surface area contributed by atoms with Gasteiger partial charge in [-0.15, -0.1) is 0 Å². The Morgan fingerprint density at radius 1 is 1.29 bits per heavy atom. The summed E-state index contributed by atoms with van der Waals surface area (Å²) in [6, 6.07) is 0. The smallest absolute Gasteiger partial charge is 0.308 e. The maximum atomic E-state index is 12.3. The number of rotatable bonds is 3. The summed E-state index contributed by atoms with van der Waals surface area (Å²) in [5.41, 5.74) is -0.684. The fourth-order valence-corrected chi connectivity index (χ4v) is 3.28. The molecule has 0 spiro atoms. The molecule has 2 aliphatic heterocycles. The van der Waals surface area contributed by atoms with E-state index in [0.29, 0.717) is 39.0 Å². The van der Waals surface area contributed by atoms with Gasteiger partial charge < -0.3 is 14.7 Å². The lowest BCUT2D eigenvalue weighted by atomic mass is 9.95. The predicted molar refractivity (Wildman–Crippen MR) is 77.6 cm³/mol. The van der Waals surface area contributed by atoms with Crippen molar-refractivity contribution in [3.05, 3.63) is 0 Å². The topological polar surface area (TPSA) is 70.1 Å². The molecule has 1 unspecified atom stereocenters. The van der Waals surface area contributed by atoms with Crippen LogP contribution in [0.15, 0.2) is 0 Å². The van der Waals surface area contributed by atoms with Gasteiger partial charge in [0.05, 0.1) is 25.2 Å². The molecule has 1 N–H and O–H groups in total. The summed E-state index contributed by atoms with van der Waals surface area (Å²) in [7, 11) is 1.40. The predicted octanol–water partition coefficient (Wildman–Crippen LogP) is 0.245. The van der Waals surface area contributed by atoms with Crippen molar-refractivity contribution in [1.82, 2.24) is 9.80 Å². The van der Waals surface area contributed by atoms with Crippen molar-refractivity contribution in [3.63, 3.8) is 0 Å². The summed E-state index contributed by atoms with van der Waals surface area (Å²) in [5, 5.41) is 10.1. The Bertz CT molecular complexity index is 389. The number of piperidine rings is 2. The second-order valence-corrected chi connectivity index (χ2v) is 6.49. The molecule has 1 amide bonds. The molecule has 2 aliphatic rings.